The molecular formula is C30H27F3O7. The molecule has 0 aromatic heterocycles. The number of Topliss-reactive ketones (excluding diaryl/α,β-unsaturated/α-hetero) is 1. The lowest BCUT2D eigenvalue weighted by Gasteiger charge is -2.29. The van der Waals surface area contributed by atoms with Gasteiger partial charge in [0.15, 0.2) is 5.41 Å². The van der Waals surface area contributed by atoms with Gasteiger partial charge in [-0.15, -0.1) is 0 Å². The van der Waals surface area contributed by atoms with Crippen molar-refractivity contribution >= 4 is 23.7 Å². The number of carbonyl (C=O) groups is 4. The molecule has 0 fully saturated rings. The third kappa shape index (κ3) is 6.93. The number of esters is 3. The molecule has 0 saturated heterocycles. The number of hydrogen-bond acceptors (Lipinski definition) is 7. The molecule has 0 radical (unpaired) electrons. The van der Waals surface area contributed by atoms with Gasteiger partial charge < -0.3 is 14.2 Å². The van der Waals surface area contributed by atoms with Crippen molar-refractivity contribution in [2.24, 2.45) is 0 Å². The Morgan fingerprint density at radius 3 is 1.82 bits per heavy atom. The summed E-state index contributed by atoms with van der Waals surface area (Å²) in [4.78, 5) is 51.8. The lowest BCUT2D eigenvalue weighted by molar-refractivity contribution is -0.166. The minimum absolute atomic E-state index is 0.0192. The van der Waals surface area contributed by atoms with E-state index >= 15 is 0 Å². The number of halogens is 3. The molecule has 3 aromatic rings. The molecule has 210 valence electrons. The monoisotopic (exact) mass is 556 g/mol. The SMILES string of the molecule is CCOC(=O)C(CC(=O)Cc1ccc(OC(=O)c2ccccc2C(F)(F)F)cc1)(C(=O)OCC)c1ccccc1. The average molecular weight is 557 g/mol. The minimum Gasteiger partial charge on any atom is -0.465 e. The van der Waals surface area contributed by atoms with Gasteiger partial charge >= 0.3 is 24.1 Å². The van der Waals surface area contributed by atoms with Crippen molar-refractivity contribution in [3.63, 3.8) is 0 Å². The van der Waals surface area contributed by atoms with E-state index in [0.717, 1.165) is 12.1 Å². The molecule has 0 bridgehead atoms. The summed E-state index contributed by atoms with van der Waals surface area (Å²) < 4.78 is 55.2. The largest absolute Gasteiger partial charge is 0.465 e. The van der Waals surface area contributed by atoms with E-state index in [4.69, 9.17) is 14.2 Å². The van der Waals surface area contributed by atoms with Crippen molar-refractivity contribution < 1.29 is 46.6 Å². The summed E-state index contributed by atoms with van der Waals surface area (Å²) in [7, 11) is 0. The molecule has 0 spiro atoms. The van der Waals surface area contributed by atoms with Crippen LogP contribution in [0.15, 0.2) is 78.9 Å². The first kappa shape index (κ1) is 30.1. The summed E-state index contributed by atoms with van der Waals surface area (Å²) in [6.45, 7) is 3.12. The Labute approximate surface area is 228 Å². The van der Waals surface area contributed by atoms with Crippen LogP contribution in [0.1, 0.15) is 47.3 Å². The van der Waals surface area contributed by atoms with Crippen LogP contribution < -0.4 is 4.74 Å². The Kier molecular flexibility index (Phi) is 9.82. The van der Waals surface area contributed by atoms with Gasteiger partial charge in [-0.2, -0.15) is 13.2 Å². The van der Waals surface area contributed by atoms with Crippen molar-refractivity contribution in [1.29, 1.82) is 0 Å². The second kappa shape index (κ2) is 13.1. The molecule has 0 N–H and O–H groups in total. The fraction of sp³-hybridized carbons (Fsp3) is 0.267. The Hall–Kier alpha value is -4.47. The summed E-state index contributed by atoms with van der Waals surface area (Å²) in [5.74, 6) is -3.51. The molecule has 7 nitrogen and oxygen atoms in total. The number of alkyl halides is 3. The Balaban J connectivity index is 1.80. The van der Waals surface area contributed by atoms with Crippen molar-refractivity contribution in [2.45, 2.75) is 38.3 Å². The van der Waals surface area contributed by atoms with E-state index < -0.39 is 52.8 Å². The minimum atomic E-state index is -4.73. The molecule has 10 heteroatoms. The Bertz CT molecular complexity index is 1330. The van der Waals surface area contributed by atoms with Gasteiger partial charge in [0.1, 0.15) is 11.5 Å². The number of benzene rings is 3. The summed E-state index contributed by atoms with van der Waals surface area (Å²) >= 11 is 0. The van der Waals surface area contributed by atoms with Gasteiger partial charge in [0.25, 0.3) is 0 Å². The maximum atomic E-state index is 13.2. The first-order valence-electron chi connectivity index (χ1n) is 12.4. The fourth-order valence-corrected chi connectivity index (χ4v) is 4.13. The predicted molar refractivity (Wildman–Crippen MR) is 138 cm³/mol. The zero-order valence-electron chi connectivity index (χ0n) is 21.8. The zero-order chi connectivity index (χ0) is 29.3. The van der Waals surface area contributed by atoms with Gasteiger partial charge in [-0.1, -0.05) is 54.6 Å². The molecule has 0 amide bonds. The van der Waals surface area contributed by atoms with E-state index in [1.807, 2.05) is 0 Å². The summed E-state index contributed by atoms with van der Waals surface area (Å²) in [6, 6.07) is 17.9. The molecule has 0 aliphatic heterocycles. The normalized spacial score (nSPS) is 11.4. The molecule has 0 unspecified atom stereocenters. The van der Waals surface area contributed by atoms with Crippen LogP contribution in [0.4, 0.5) is 13.2 Å². The maximum Gasteiger partial charge on any atom is 0.417 e. The second-order valence-electron chi connectivity index (χ2n) is 8.68. The highest BCUT2D eigenvalue weighted by Crippen LogP contribution is 2.34. The topological polar surface area (TPSA) is 96.0 Å². The molecule has 3 rings (SSSR count). The van der Waals surface area contributed by atoms with E-state index in [1.54, 1.807) is 44.2 Å². The quantitative estimate of drug-likeness (QED) is 0.175. The molecule has 3 aromatic carbocycles. The Morgan fingerprint density at radius 1 is 0.725 bits per heavy atom. The zero-order valence-corrected chi connectivity index (χ0v) is 21.8. The van der Waals surface area contributed by atoms with Crippen molar-refractivity contribution in [2.75, 3.05) is 13.2 Å². The molecule has 0 heterocycles. The third-order valence-electron chi connectivity index (χ3n) is 5.96. The predicted octanol–water partition coefficient (Wildman–Crippen LogP) is 5.49. The number of ether oxygens (including phenoxy) is 3. The van der Waals surface area contributed by atoms with Crippen LogP contribution in [0.5, 0.6) is 5.75 Å². The van der Waals surface area contributed by atoms with E-state index in [-0.39, 0.29) is 30.9 Å². The van der Waals surface area contributed by atoms with E-state index in [2.05, 4.69) is 0 Å². The van der Waals surface area contributed by atoms with Gasteiger partial charge in [0.2, 0.25) is 0 Å². The highest BCUT2D eigenvalue weighted by Gasteiger charge is 2.52. The average Bonchev–Trinajstić information content (AvgIpc) is 2.93. The molecule has 0 aliphatic carbocycles. The fourth-order valence-electron chi connectivity index (χ4n) is 4.13. The summed E-state index contributed by atoms with van der Waals surface area (Å²) in [5.41, 5.74) is -3.06. The molecule has 0 saturated carbocycles. The van der Waals surface area contributed by atoms with E-state index in [1.165, 1.54) is 36.4 Å². The van der Waals surface area contributed by atoms with Crippen LogP contribution >= 0.6 is 0 Å². The van der Waals surface area contributed by atoms with Crippen LogP contribution in [0.3, 0.4) is 0 Å². The first-order chi connectivity index (χ1) is 19.0. The van der Waals surface area contributed by atoms with E-state index in [0.29, 0.717) is 5.56 Å². The molecule has 0 aliphatic rings. The number of ketones is 1. The Morgan fingerprint density at radius 2 is 1.27 bits per heavy atom. The molecule has 0 atom stereocenters. The molecule has 40 heavy (non-hydrogen) atoms. The third-order valence-corrected chi connectivity index (χ3v) is 5.96. The number of hydrogen-bond donors (Lipinski definition) is 0. The van der Waals surface area contributed by atoms with Gasteiger partial charge in [-0.25, -0.2) is 4.79 Å². The van der Waals surface area contributed by atoms with Crippen LogP contribution in [0.25, 0.3) is 0 Å². The highest BCUT2D eigenvalue weighted by molar-refractivity contribution is 6.10. The van der Waals surface area contributed by atoms with Gasteiger partial charge in [0, 0.05) is 12.8 Å². The van der Waals surface area contributed by atoms with Gasteiger partial charge in [-0.05, 0) is 49.2 Å². The molecular weight excluding hydrogens is 529 g/mol. The van der Waals surface area contributed by atoms with Gasteiger partial charge in [0.05, 0.1) is 24.3 Å². The summed E-state index contributed by atoms with van der Waals surface area (Å²) in [6.07, 6.45) is -5.46. The van der Waals surface area contributed by atoms with E-state index in [9.17, 15) is 32.3 Å². The van der Waals surface area contributed by atoms with Crippen LogP contribution in [-0.2, 0) is 41.9 Å². The van der Waals surface area contributed by atoms with Gasteiger partial charge in [-0.3, -0.25) is 14.4 Å². The van der Waals surface area contributed by atoms with Crippen LogP contribution in [0.2, 0.25) is 0 Å². The number of carbonyl (C=O) groups excluding carboxylic acids is 4. The second-order valence-corrected chi connectivity index (χ2v) is 8.68. The van der Waals surface area contributed by atoms with Crippen molar-refractivity contribution in [3.8, 4) is 5.75 Å². The first-order valence-corrected chi connectivity index (χ1v) is 12.4. The summed E-state index contributed by atoms with van der Waals surface area (Å²) in [5, 5.41) is 0. The standard InChI is InChI=1S/C30H27F3O7/c1-3-38-27(36)29(28(37)39-4-2,21-10-6-5-7-11-21)19-22(34)18-20-14-16-23(17-15-20)40-26(35)24-12-8-9-13-25(24)30(31,32)33/h5-17H,3-4,18-19H2,1-2H3. The van der Waals surface area contributed by atoms with Crippen molar-refractivity contribution in [3.05, 3.63) is 101 Å². The number of rotatable bonds is 11. The lowest BCUT2D eigenvalue weighted by Crippen LogP contribution is -2.48. The van der Waals surface area contributed by atoms with Crippen molar-refractivity contribution in [1.82, 2.24) is 0 Å². The van der Waals surface area contributed by atoms with Crippen LogP contribution in [0, 0.1) is 0 Å². The lowest BCUT2D eigenvalue weighted by atomic mass is 9.75. The highest BCUT2D eigenvalue weighted by atomic mass is 19.4. The smallest absolute Gasteiger partial charge is 0.417 e. The maximum absolute atomic E-state index is 13.2. The van der Waals surface area contributed by atoms with Crippen LogP contribution in [-0.4, -0.2) is 36.9 Å².